The summed E-state index contributed by atoms with van der Waals surface area (Å²) in [5.41, 5.74) is 0. The molecule has 6 nitrogen and oxygen atoms in total. The molecule has 0 amide bonds. The summed E-state index contributed by atoms with van der Waals surface area (Å²) >= 11 is 0. The van der Waals surface area contributed by atoms with Gasteiger partial charge in [-0.1, -0.05) is 18.2 Å². The van der Waals surface area contributed by atoms with Gasteiger partial charge in [0.1, 0.15) is 11.9 Å². The number of unbranched alkanes of at least 4 members (excludes halogenated alkanes) is 1. The third-order valence-corrected chi connectivity index (χ3v) is 4.32. The molecule has 1 saturated heterocycles. The lowest BCUT2D eigenvalue weighted by Crippen LogP contribution is -2.47. The first-order valence-electron chi connectivity index (χ1n) is 8.97. The van der Waals surface area contributed by atoms with Crippen molar-refractivity contribution >= 4 is 11.9 Å². The molecule has 2 rings (SSSR count). The molecule has 1 aliphatic heterocycles. The van der Waals surface area contributed by atoms with Crippen LogP contribution in [0, 0.1) is 0 Å². The molecule has 1 aromatic carbocycles. The Morgan fingerprint density at radius 3 is 2.60 bits per heavy atom. The molecule has 138 valence electrons. The first-order valence-corrected chi connectivity index (χ1v) is 8.97. The van der Waals surface area contributed by atoms with Crippen LogP contribution in [0.15, 0.2) is 35.3 Å². The van der Waals surface area contributed by atoms with Gasteiger partial charge in [0, 0.05) is 45.9 Å². The number of likely N-dealkylation sites (tertiary alicyclic amines) is 1. The third-order valence-electron chi connectivity index (χ3n) is 4.32. The molecule has 0 radical (unpaired) electrons. The van der Waals surface area contributed by atoms with E-state index in [2.05, 4.69) is 19.9 Å². The van der Waals surface area contributed by atoms with Gasteiger partial charge in [0.2, 0.25) is 0 Å². The Balaban J connectivity index is 1.66. The van der Waals surface area contributed by atoms with E-state index in [0.717, 1.165) is 57.0 Å². The molecule has 0 atom stereocenters. The smallest absolute Gasteiger partial charge is 0.305 e. The number of nitrogens with zero attached hydrogens (tertiary/aromatic N) is 2. The minimum absolute atomic E-state index is 0.148. The summed E-state index contributed by atoms with van der Waals surface area (Å²) in [7, 11) is 3.23. The van der Waals surface area contributed by atoms with Crippen LogP contribution < -0.4 is 10.1 Å². The van der Waals surface area contributed by atoms with Crippen molar-refractivity contribution in [3.63, 3.8) is 0 Å². The quantitative estimate of drug-likeness (QED) is 0.355. The maximum Gasteiger partial charge on any atom is 0.305 e. The van der Waals surface area contributed by atoms with Gasteiger partial charge in [-0.25, -0.2) is 0 Å². The number of aliphatic imine (C=N–C) groups is 1. The Morgan fingerprint density at radius 2 is 1.96 bits per heavy atom. The SMILES string of the molecule is CN=C(NCCCCC(=O)OC)N1CCC(Oc2ccccc2)CC1. The fourth-order valence-corrected chi connectivity index (χ4v) is 2.91. The number of carbonyl (C=O) groups excluding carboxylic acids is 1. The van der Waals surface area contributed by atoms with Crippen molar-refractivity contribution in [2.45, 2.75) is 38.2 Å². The Labute approximate surface area is 150 Å². The summed E-state index contributed by atoms with van der Waals surface area (Å²) < 4.78 is 10.7. The highest BCUT2D eigenvalue weighted by molar-refractivity contribution is 5.79. The third kappa shape index (κ3) is 6.64. The van der Waals surface area contributed by atoms with Gasteiger partial charge < -0.3 is 19.7 Å². The molecule has 6 heteroatoms. The number of hydrogen-bond acceptors (Lipinski definition) is 4. The van der Waals surface area contributed by atoms with Gasteiger partial charge >= 0.3 is 5.97 Å². The lowest BCUT2D eigenvalue weighted by atomic mass is 10.1. The minimum Gasteiger partial charge on any atom is -0.490 e. The normalized spacial score (nSPS) is 15.8. The standard InChI is InChI=1S/C19H29N3O3/c1-20-19(21-13-7-6-10-18(23)24-2)22-14-11-17(12-15-22)25-16-8-4-3-5-9-16/h3-5,8-9,17H,6-7,10-15H2,1-2H3,(H,20,21). The lowest BCUT2D eigenvalue weighted by Gasteiger charge is -2.34. The van der Waals surface area contributed by atoms with Gasteiger partial charge in [-0.05, 0) is 25.0 Å². The summed E-state index contributed by atoms with van der Waals surface area (Å²) in [6, 6.07) is 9.99. The highest BCUT2D eigenvalue weighted by atomic mass is 16.5. The number of guanidine groups is 1. The van der Waals surface area contributed by atoms with Crippen LogP contribution in [0.3, 0.4) is 0 Å². The number of piperidine rings is 1. The largest absolute Gasteiger partial charge is 0.490 e. The van der Waals surface area contributed by atoms with Gasteiger partial charge in [-0.3, -0.25) is 9.79 Å². The topological polar surface area (TPSA) is 63.2 Å². The predicted octanol–water partition coefficient (Wildman–Crippen LogP) is 2.45. The summed E-state index contributed by atoms with van der Waals surface area (Å²) in [4.78, 5) is 17.7. The van der Waals surface area contributed by atoms with Crippen LogP contribution in [0.5, 0.6) is 5.75 Å². The van der Waals surface area contributed by atoms with E-state index in [0.29, 0.717) is 6.42 Å². The van der Waals surface area contributed by atoms with Crippen molar-refractivity contribution in [2.75, 3.05) is 33.8 Å². The van der Waals surface area contributed by atoms with E-state index in [1.165, 1.54) is 7.11 Å². The zero-order valence-electron chi connectivity index (χ0n) is 15.2. The minimum atomic E-state index is -0.148. The first kappa shape index (κ1) is 19.1. The first-order chi connectivity index (χ1) is 12.2. The summed E-state index contributed by atoms with van der Waals surface area (Å²) in [6.07, 6.45) is 4.44. The van der Waals surface area contributed by atoms with E-state index in [-0.39, 0.29) is 12.1 Å². The van der Waals surface area contributed by atoms with Crippen molar-refractivity contribution < 1.29 is 14.3 Å². The number of rotatable bonds is 7. The molecule has 0 aliphatic carbocycles. The Morgan fingerprint density at radius 1 is 1.24 bits per heavy atom. The van der Waals surface area contributed by atoms with Crippen molar-refractivity contribution in [1.82, 2.24) is 10.2 Å². The summed E-state index contributed by atoms with van der Waals surface area (Å²) in [5.74, 6) is 1.72. The number of benzene rings is 1. The molecule has 0 aromatic heterocycles. The van der Waals surface area contributed by atoms with Crippen molar-refractivity contribution in [2.24, 2.45) is 4.99 Å². The Bertz CT molecular complexity index is 540. The highest BCUT2D eigenvalue weighted by Crippen LogP contribution is 2.18. The van der Waals surface area contributed by atoms with Crippen LogP contribution in [0.1, 0.15) is 32.1 Å². The van der Waals surface area contributed by atoms with E-state index < -0.39 is 0 Å². The van der Waals surface area contributed by atoms with Gasteiger partial charge in [-0.15, -0.1) is 0 Å². The molecule has 1 aromatic rings. The second-order valence-electron chi connectivity index (χ2n) is 6.12. The molecule has 0 saturated carbocycles. The van der Waals surface area contributed by atoms with E-state index in [4.69, 9.17) is 4.74 Å². The van der Waals surface area contributed by atoms with Crippen LogP contribution in [-0.2, 0) is 9.53 Å². The molecular weight excluding hydrogens is 318 g/mol. The number of nitrogens with one attached hydrogen (secondary N) is 1. The molecule has 0 unspecified atom stereocenters. The molecular formula is C19H29N3O3. The van der Waals surface area contributed by atoms with Crippen LogP contribution in [0.4, 0.5) is 0 Å². The van der Waals surface area contributed by atoms with Gasteiger partial charge in [-0.2, -0.15) is 0 Å². The number of carbonyl (C=O) groups is 1. The molecule has 1 heterocycles. The van der Waals surface area contributed by atoms with Crippen LogP contribution in [-0.4, -0.2) is 56.7 Å². The fourth-order valence-electron chi connectivity index (χ4n) is 2.91. The van der Waals surface area contributed by atoms with Crippen LogP contribution in [0.25, 0.3) is 0 Å². The van der Waals surface area contributed by atoms with Crippen molar-refractivity contribution in [1.29, 1.82) is 0 Å². The monoisotopic (exact) mass is 347 g/mol. The summed E-state index contributed by atoms with van der Waals surface area (Å²) in [6.45, 7) is 2.67. The van der Waals surface area contributed by atoms with Crippen LogP contribution in [0.2, 0.25) is 0 Å². The van der Waals surface area contributed by atoms with E-state index in [1.807, 2.05) is 37.4 Å². The zero-order valence-corrected chi connectivity index (χ0v) is 15.2. The lowest BCUT2D eigenvalue weighted by molar-refractivity contribution is -0.140. The molecule has 1 fully saturated rings. The van der Waals surface area contributed by atoms with Crippen molar-refractivity contribution in [3.8, 4) is 5.75 Å². The number of para-hydroxylation sites is 1. The average molecular weight is 347 g/mol. The molecule has 25 heavy (non-hydrogen) atoms. The maximum absolute atomic E-state index is 11.1. The van der Waals surface area contributed by atoms with E-state index >= 15 is 0 Å². The number of methoxy groups -OCH3 is 1. The van der Waals surface area contributed by atoms with Gasteiger partial charge in [0.05, 0.1) is 7.11 Å². The van der Waals surface area contributed by atoms with E-state index in [1.54, 1.807) is 0 Å². The molecule has 1 aliphatic rings. The van der Waals surface area contributed by atoms with E-state index in [9.17, 15) is 4.79 Å². The fraction of sp³-hybridized carbons (Fsp3) is 0.579. The number of esters is 1. The average Bonchev–Trinajstić information content (AvgIpc) is 2.66. The Kier molecular flexibility index (Phi) is 8.09. The second kappa shape index (κ2) is 10.6. The predicted molar refractivity (Wildman–Crippen MR) is 98.9 cm³/mol. The maximum atomic E-state index is 11.1. The van der Waals surface area contributed by atoms with Gasteiger partial charge in [0.25, 0.3) is 0 Å². The number of ether oxygens (including phenoxy) is 2. The molecule has 0 spiro atoms. The van der Waals surface area contributed by atoms with Crippen LogP contribution >= 0.6 is 0 Å². The highest BCUT2D eigenvalue weighted by Gasteiger charge is 2.22. The second-order valence-corrected chi connectivity index (χ2v) is 6.12. The Hall–Kier alpha value is -2.24. The summed E-state index contributed by atoms with van der Waals surface area (Å²) in [5, 5.41) is 3.38. The zero-order chi connectivity index (χ0) is 17.9. The van der Waals surface area contributed by atoms with Gasteiger partial charge in [0.15, 0.2) is 5.96 Å². The number of hydrogen-bond donors (Lipinski definition) is 1. The molecule has 1 N–H and O–H groups in total. The molecule has 0 bridgehead atoms. The van der Waals surface area contributed by atoms with Crippen molar-refractivity contribution in [3.05, 3.63) is 30.3 Å².